The summed E-state index contributed by atoms with van der Waals surface area (Å²) in [6.07, 6.45) is 4.77. The second-order valence-electron chi connectivity index (χ2n) is 9.74. The summed E-state index contributed by atoms with van der Waals surface area (Å²) >= 11 is 17.8. The van der Waals surface area contributed by atoms with E-state index in [0.717, 1.165) is 18.4 Å². The Morgan fingerprint density at radius 3 is 2.69 bits per heavy atom. The second kappa shape index (κ2) is 7.57. The number of esters is 1. The van der Waals surface area contributed by atoms with Gasteiger partial charge < -0.3 is 9.47 Å². The molecule has 168 valence electrons. The van der Waals surface area contributed by atoms with Crippen LogP contribution >= 0.6 is 35.4 Å². The summed E-state index contributed by atoms with van der Waals surface area (Å²) in [7, 11) is 0. The highest BCUT2D eigenvalue weighted by molar-refractivity contribution is 7.80. The van der Waals surface area contributed by atoms with Crippen LogP contribution in [0.5, 0.6) is 5.75 Å². The standard InChI is InChI=1S/C24H24Cl2N2O3S/c1-23(2)14-6-7-24(23,3)19(9-14)30-21(29)18-5-4-16(11-27-18)28-12-13-8-15(25)10-17(26)20(13)31-22(28)32/h4-5,8,10-11,14,19H,6-7,9,12H2,1-3H3. The number of hydrogen-bond donors (Lipinski definition) is 0. The van der Waals surface area contributed by atoms with Gasteiger partial charge in [-0.15, -0.1) is 0 Å². The third-order valence-electron chi connectivity index (χ3n) is 8.06. The molecule has 3 unspecified atom stereocenters. The third-order valence-corrected chi connectivity index (χ3v) is 8.86. The van der Waals surface area contributed by atoms with Crippen LogP contribution in [-0.4, -0.2) is 22.2 Å². The van der Waals surface area contributed by atoms with Crippen LogP contribution in [0.2, 0.25) is 10.0 Å². The van der Waals surface area contributed by atoms with Crippen molar-refractivity contribution in [3.8, 4) is 5.75 Å². The van der Waals surface area contributed by atoms with Gasteiger partial charge in [-0.2, -0.15) is 0 Å². The van der Waals surface area contributed by atoms with E-state index >= 15 is 0 Å². The van der Waals surface area contributed by atoms with E-state index in [9.17, 15) is 4.79 Å². The zero-order valence-electron chi connectivity index (χ0n) is 18.2. The summed E-state index contributed by atoms with van der Waals surface area (Å²) in [5.74, 6) is 0.742. The largest absolute Gasteiger partial charge is 0.457 e. The van der Waals surface area contributed by atoms with Crippen molar-refractivity contribution in [1.29, 1.82) is 0 Å². The third kappa shape index (κ3) is 3.30. The molecule has 2 aliphatic carbocycles. The lowest BCUT2D eigenvalue weighted by atomic mass is 9.70. The first-order valence-electron chi connectivity index (χ1n) is 10.7. The van der Waals surface area contributed by atoms with Gasteiger partial charge in [0.15, 0.2) is 5.75 Å². The van der Waals surface area contributed by atoms with E-state index in [1.807, 2.05) is 0 Å². The number of fused-ring (bicyclic) bond motifs is 3. The molecule has 3 atom stereocenters. The molecule has 2 saturated carbocycles. The molecule has 2 aromatic rings. The summed E-state index contributed by atoms with van der Waals surface area (Å²) in [4.78, 5) is 19.0. The minimum absolute atomic E-state index is 0.0144. The van der Waals surface area contributed by atoms with E-state index < -0.39 is 0 Å². The summed E-state index contributed by atoms with van der Waals surface area (Å²) in [6, 6.07) is 6.89. The molecule has 1 aromatic heterocycles. The van der Waals surface area contributed by atoms with Gasteiger partial charge in [-0.1, -0.05) is 44.0 Å². The number of thiocarbonyl (C=S) groups is 1. The quantitative estimate of drug-likeness (QED) is 0.364. The van der Waals surface area contributed by atoms with Crippen LogP contribution in [0.4, 0.5) is 5.69 Å². The van der Waals surface area contributed by atoms with E-state index in [1.165, 1.54) is 6.42 Å². The molecule has 0 radical (unpaired) electrons. The number of nitrogens with zero attached hydrogens (tertiary/aromatic N) is 2. The number of carbonyl (C=O) groups excluding carboxylic acids is 1. The number of carbonyl (C=O) groups is 1. The normalized spacial score (nSPS) is 27.8. The number of halogens is 2. The number of hydrogen-bond acceptors (Lipinski definition) is 5. The monoisotopic (exact) mass is 490 g/mol. The second-order valence-corrected chi connectivity index (χ2v) is 10.9. The van der Waals surface area contributed by atoms with E-state index in [0.29, 0.717) is 33.9 Å². The minimum atomic E-state index is -0.382. The number of rotatable bonds is 3. The average Bonchev–Trinajstić information content (AvgIpc) is 3.07. The Kier molecular flexibility index (Phi) is 5.19. The Morgan fingerprint density at radius 1 is 1.28 bits per heavy atom. The van der Waals surface area contributed by atoms with Gasteiger partial charge in [0.2, 0.25) is 0 Å². The van der Waals surface area contributed by atoms with Gasteiger partial charge in [-0.3, -0.25) is 4.90 Å². The van der Waals surface area contributed by atoms with Crippen LogP contribution < -0.4 is 9.64 Å². The summed E-state index contributed by atoms with van der Waals surface area (Å²) in [5.41, 5.74) is 2.02. The van der Waals surface area contributed by atoms with E-state index in [2.05, 4.69) is 25.8 Å². The first-order valence-corrected chi connectivity index (χ1v) is 11.9. The summed E-state index contributed by atoms with van der Waals surface area (Å²) < 4.78 is 11.7. The van der Waals surface area contributed by atoms with Crippen LogP contribution in [0.25, 0.3) is 0 Å². The van der Waals surface area contributed by atoms with Crippen molar-refractivity contribution in [2.75, 3.05) is 4.90 Å². The number of ether oxygens (including phenoxy) is 2. The van der Waals surface area contributed by atoms with Gasteiger partial charge >= 0.3 is 5.97 Å². The first-order chi connectivity index (χ1) is 15.1. The molecule has 0 saturated heterocycles. The Labute approximate surface area is 203 Å². The highest BCUT2D eigenvalue weighted by Gasteiger charge is 2.62. The topological polar surface area (TPSA) is 51.7 Å². The maximum absolute atomic E-state index is 12.8. The Hall–Kier alpha value is -1.89. The van der Waals surface area contributed by atoms with Crippen LogP contribution in [-0.2, 0) is 11.3 Å². The number of benzene rings is 1. The molecule has 0 spiro atoms. The van der Waals surface area contributed by atoms with Crippen molar-refractivity contribution in [3.63, 3.8) is 0 Å². The maximum Gasteiger partial charge on any atom is 0.357 e. The van der Waals surface area contributed by atoms with Crippen molar-refractivity contribution < 1.29 is 14.3 Å². The van der Waals surface area contributed by atoms with Crippen molar-refractivity contribution in [2.45, 2.75) is 52.7 Å². The lowest BCUT2D eigenvalue weighted by Gasteiger charge is -2.38. The fourth-order valence-electron chi connectivity index (χ4n) is 5.58. The number of anilines is 1. The average molecular weight is 491 g/mol. The van der Waals surface area contributed by atoms with Crippen molar-refractivity contribution in [1.82, 2.24) is 4.98 Å². The number of pyridine rings is 1. The lowest BCUT2D eigenvalue weighted by Crippen LogP contribution is -2.38. The molecule has 2 heterocycles. The van der Waals surface area contributed by atoms with Gasteiger partial charge in [0, 0.05) is 16.0 Å². The van der Waals surface area contributed by atoms with Gasteiger partial charge in [0.25, 0.3) is 5.17 Å². The predicted molar refractivity (Wildman–Crippen MR) is 129 cm³/mol. The molecule has 0 amide bonds. The van der Waals surface area contributed by atoms with Crippen LogP contribution in [0.15, 0.2) is 30.5 Å². The fourth-order valence-corrected chi connectivity index (χ4v) is 6.41. The molecule has 0 N–H and O–H groups in total. The Bertz CT molecular complexity index is 1120. The molecule has 8 heteroatoms. The Morgan fingerprint density at radius 2 is 2.06 bits per heavy atom. The zero-order chi connectivity index (χ0) is 22.8. The van der Waals surface area contributed by atoms with Crippen molar-refractivity contribution in [3.05, 3.63) is 51.8 Å². The van der Waals surface area contributed by atoms with E-state index in [1.54, 1.807) is 35.4 Å². The molecular formula is C24H24Cl2N2O3S. The van der Waals surface area contributed by atoms with E-state index in [4.69, 9.17) is 44.9 Å². The van der Waals surface area contributed by atoms with Crippen LogP contribution in [0.3, 0.4) is 0 Å². The first kappa shape index (κ1) is 21.9. The SMILES string of the molecule is CC1(C)C2CCC1(C)C(OC(=O)c1ccc(N3Cc4cc(Cl)cc(Cl)c4OC3=S)cn1)C2. The summed E-state index contributed by atoms with van der Waals surface area (Å²) in [6.45, 7) is 7.29. The molecule has 1 aliphatic heterocycles. The van der Waals surface area contributed by atoms with Gasteiger partial charge in [-0.25, -0.2) is 9.78 Å². The van der Waals surface area contributed by atoms with Gasteiger partial charge in [0.1, 0.15) is 11.8 Å². The highest BCUT2D eigenvalue weighted by Crippen LogP contribution is 2.66. The fraction of sp³-hybridized carbons (Fsp3) is 0.458. The maximum atomic E-state index is 12.8. The minimum Gasteiger partial charge on any atom is -0.457 e. The molecule has 2 bridgehead atoms. The van der Waals surface area contributed by atoms with Gasteiger partial charge in [-0.05, 0) is 67.1 Å². The molecular weight excluding hydrogens is 467 g/mol. The number of aromatic nitrogens is 1. The zero-order valence-corrected chi connectivity index (χ0v) is 20.5. The van der Waals surface area contributed by atoms with Crippen LogP contribution in [0.1, 0.15) is 56.1 Å². The molecule has 32 heavy (non-hydrogen) atoms. The molecule has 3 aliphatic rings. The Balaban J connectivity index is 1.31. The molecule has 5 rings (SSSR count). The lowest BCUT2D eigenvalue weighted by molar-refractivity contribution is -0.0247. The van der Waals surface area contributed by atoms with E-state index in [-0.39, 0.29) is 33.8 Å². The van der Waals surface area contributed by atoms with Crippen molar-refractivity contribution >= 4 is 52.3 Å². The van der Waals surface area contributed by atoms with Crippen molar-refractivity contribution in [2.24, 2.45) is 16.7 Å². The summed E-state index contributed by atoms with van der Waals surface area (Å²) in [5, 5.41) is 1.21. The molecule has 2 fully saturated rings. The smallest absolute Gasteiger partial charge is 0.357 e. The molecule has 1 aromatic carbocycles. The predicted octanol–water partition coefficient (Wildman–Crippen LogP) is 6.44. The molecule has 5 nitrogen and oxygen atoms in total. The van der Waals surface area contributed by atoms with Gasteiger partial charge in [0.05, 0.1) is 23.5 Å². The highest BCUT2D eigenvalue weighted by atomic mass is 35.5. The van der Waals surface area contributed by atoms with Crippen LogP contribution in [0, 0.1) is 16.7 Å².